The van der Waals surface area contributed by atoms with Crippen LogP contribution in [0.2, 0.25) is 0 Å². The molecule has 1 aliphatic carbocycles. The molecule has 0 aliphatic heterocycles. The Bertz CT molecular complexity index is 681. The summed E-state index contributed by atoms with van der Waals surface area (Å²) in [5.41, 5.74) is 2.14. The second-order valence-corrected chi connectivity index (χ2v) is 4.59. The Hall–Kier alpha value is -2.48. The SMILES string of the molecule is Cc1nn(-c2ccccn2)c2c1C(=O)[C@@H](C#N)CC2. The molecule has 5 heteroatoms. The van der Waals surface area contributed by atoms with Gasteiger partial charge in [0.15, 0.2) is 11.6 Å². The maximum Gasteiger partial charge on any atom is 0.183 e. The highest BCUT2D eigenvalue weighted by Crippen LogP contribution is 2.28. The zero-order chi connectivity index (χ0) is 13.4. The van der Waals surface area contributed by atoms with Crippen molar-refractivity contribution < 1.29 is 4.79 Å². The highest BCUT2D eigenvalue weighted by molar-refractivity contribution is 6.02. The van der Waals surface area contributed by atoms with Gasteiger partial charge in [-0.2, -0.15) is 10.4 Å². The molecule has 0 saturated carbocycles. The summed E-state index contributed by atoms with van der Waals surface area (Å²) in [6, 6.07) is 7.64. The van der Waals surface area contributed by atoms with Crippen LogP contribution in [0.1, 0.15) is 28.2 Å². The maximum absolute atomic E-state index is 12.2. The molecule has 0 unspecified atom stereocenters. The van der Waals surface area contributed by atoms with Gasteiger partial charge in [0.05, 0.1) is 23.0 Å². The number of hydrogen-bond acceptors (Lipinski definition) is 4. The third-order valence-corrected chi connectivity index (χ3v) is 3.41. The normalized spacial score (nSPS) is 17.9. The molecule has 2 heterocycles. The number of nitrogens with zero attached hydrogens (tertiary/aromatic N) is 4. The predicted octanol–water partition coefficient (Wildman–Crippen LogP) is 1.84. The molecular formula is C14H12N4O. The number of pyridine rings is 1. The summed E-state index contributed by atoms with van der Waals surface area (Å²) in [7, 11) is 0. The second-order valence-electron chi connectivity index (χ2n) is 4.59. The third-order valence-electron chi connectivity index (χ3n) is 3.41. The van der Waals surface area contributed by atoms with Crippen molar-refractivity contribution in [3.05, 3.63) is 41.3 Å². The van der Waals surface area contributed by atoms with Gasteiger partial charge in [0, 0.05) is 6.20 Å². The fourth-order valence-corrected chi connectivity index (χ4v) is 2.50. The summed E-state index contributed by atoms with van der Waals surface area (Å²) in [4.78, 5) is 16.5. The maximum atomic E-state index is 12.2. The summed E-state index contributed by atoms with van der Waals surface area (Å²) in [6.45, 7) is 1.80. The number of aromatic nitrogens is 3. The largest absolute Gasteiger partial charge is 0.293 e. The topological polar surface area (TPSA) is 71.6 Å². The molecule has 0 fully saturated rings. The molecule has 0 N–H and O–H groups in total. The smallest absolute Gasteiger partial charge is 0.183 e. The number of rotatable bonds is 1. The molecular weight excluding hydrogens is 240 g/mol. The van der Waals surface area contributed by atoms with Crippen LogP contribution in [0, 0.1) is 24.2 Å². The van der Waals surface area contributed by atoms with Gasteiger partial charge in [-0.15, -0.1) is 0 Å². The van der Waals surface area contributed by atoms with Crippen LogP contribution in [0.5, 0.6) is 0 Å². The first kappa shape index (κ1) is 11.6. The van der Waals surface area contributed by atoms with E-state index in [1.807, 2.05) is 18.2 Å². The number of hydrogen-bond donors (Lipinski definition) is 0. The minimum absolute atomic E-state index is 0.108. The van der Waals surface area contributed by atoms with Gasteiger partial charge in [0.25, 0.3) is 0 Å². The molecule has 0 bridgehead atoms. The van der Waals surface area contributed by atoms with Gasteiger partial charge in [-0.05, 0) is 31.9 Å². The average Bonchev–Trinajstić information content (AvgIpc) is 2.78. The van der Waals surface area contributed by atoms with E-state index >= 15 is 0 Å². The van der Waals surface area contributed by atoms with E-state index in [9.17, 15) is 4.79 Å². The van der Waals surface area contributed by atoms with Crippen LogP contribution >= 0.6 is 0 Å². The Kier molecular flexibility index (Phi) is 2.64. The number of ketones is 1. The number of nitriles is 1. The van der Waals surface area contributed by atoms with Crippen LogP contribution in [-0.2, 0) is 6.42 Å². The van der Waals surface area contributed by atoms with E-state index in [0.29, 0.717) is 29.9 Å². The van der Waals surface area contributed by atoms with Crippen molar-refractivity contribution >= 4 is 5.78 Å². The average molecular weight is 252 g/mol. The fraction of sp³-hybridized carbons (Fsp3) is 0.286. The second kappa shape index (κ2) is 4.32. The first-order valence-electron chi connectivity index (χ1n) is 6.16. The van der Waals surface area contributed by atoms with E-state index in [1.54, 1.807) is 17.8 Å². The van der Waals surface area contributed by atoms with E-state index in [4.69, 9.17) is 5.26 Å². The molecule has 1 atom stereocenters. The Morgan fingerprint density at radius 1 is 1.47 bits per heavy atom. The van der Waals surface area contributed by atoms with Gasteiger partial charge in [-0.3, -0.25) is 4.79 Å². The molecule has 1 aliphatic rings. The van der Waals surface area contributed by atoms with Gasteiger partial charge in [-0.25, -0.2) is 9.67 Å². The van der Waals surface area contributed by atoms with Crippen LogP contribution < -0.4 is 0 Å². The van der Waals surface area contributed by atoms with Crippen LogP contribution in [-0.4, -0.2) is 20.5 Å². The molecule has 3 rings (SSSR count). The van der Waals surface area contributed by atoms with Crippen molar-refractivity contribution in [2.24, 2.45) is 5.92 Å². The van der Waals surface area contributed by atoms with Gasteiger partial charge in [0.1, 0.15) is 5.92 Å². The number of Topliss-reactive ketones (excluding diaryl/α,β-unsaturated/α-hetero) is 1. The molecule has 0 saturated heterocycles. The van der Waals surface area contributed by atoms with Crippen LogP contribution in [0.3, 0.4) is 0 Å². The molecule has 0 aromatic carbocycles. The zero-order valence-electron chi connectivity index (χ0n) is 10.5. The summed E-state index contributed by atoms with van der Waals surface area (Å²) in [6.07, 6.45) is 2.93. The zero-order valence-corrected chi connectivity index (χ0v) is 10.5. The Balaban J connectivity index is 2.16. The van der Waals surface area contributed by atoms with Crippen LogP contribution in [0.4, 0.5) is 0 Å². The summed E-state index contributed by atoms with van der Waals surface area (Å²) in [5, 5.41) is 13.4. The third kappa shape index (κ3) is 1.73. The lowest BCUT2D eigenvalue weighted by molar-refractivity contribution is 0.0933. The van der Waals surface area contributed by atoms with Crippen LogP contribution in [0.15, 0.2) is 24.4 Å². The van der Waals surface area contributed by atoms with Crippen molar-refractivity contribution in [3.8, 4) is 11.9 Å². The predicted molar refractivity (Wildman–Crippen MR) is 67.9 cm³/mol. The van der Waals surface area contributed by atoms with E-state index in [1.165, 1.54) is 0 Å². The van der Waals surface area contributed by atoms with Crippen molar-refractivity contribution in [3.63, 3.8) is 0 Å². The van der Waals surface area contributed by atoms with Crippen molar-refractivity contribution in [2.45, 2.75) is 19.8 Å². The van der Waals surface area contributed by atoms with Gasteiger partial charge >= 0.3 is 0 Å². The molecule has 0 amide bonds. The minimum Gasteiger partial charge on any atom is -0.293 e. The van der Waals surface area contributed by atoms with E-state index in [-0.39, 0.29) is 5.78 Å². The molecule has 2 aromatic heterocycles. The van der Waals surface area contributed by atoms with Crippen molar-refractivity contribution in [1.29, 1.82) is 5.26 Å². The van der Waals surface area contributed by atoms with E-state index < -0.39 is 5.92 Å². The molecule has 94 valence electrons. The number of fused-ring (bicyclic) bond motifs is 1. The number of carbonyl (C=O) groups is 1. The number of carbonyl (C=O) groups excluding carboxylic acids is 1. The quantitative estimate of drug-likeness (QED) is 0.776. The first-order chi connectivity index (χ1) is 9.22. The lowest BCUT2D eigenvalue weighted by Crippen LogP contribution is -2.22. The van der Waals surface area contributed by atoms with E-state index in [0.717, 1.165) is 5.69 Å². The lowest BCUT2D eigenvalue weighted by atomic mass is 9.86. The Labute approximate surface area is 110 Å². The monoisotopic (exact) mass is 252 g/mol. The van der Waals surface area contributed by atoms with Gasteiger partial charge in [0.2, 0.25) is 0 Å². The fourth-order valence-electron chi connectivity index (χ4n) is 2.50. The van der Waals surface area contributed by atoms with Crippen molar-refractivity contribution in [2.75, 3.05) is 0 Å². The lowest BCUT2D eigenvalue weighted by Gasteiger charge is -2.16. The minimum atomic E-state index is -0.535. The summed E-state index contributed by atoms with van der Waals surface area (Å²) >= 11 is 0. The highest BCUT2D eigenvalue weighted by Gasteiger charge is 2.32. The van der Waals surface area contributed by atoms with Crippen LogP contribution in [0.25, 0.3) is 5.82 Å². The standard InChI is InChI=1S/C14H12N4O/c1-9-13-11(6-5-10(8-15)14(13)19)18(17-9)12-4-2-3-7-16-12/h2-4,7,10H,5-6H2,1H3/t10-/m1/s1. The highest BCUT2D eigenvalue weighted by atomic mass is 16.1. The Morgan fingerprint density at radius 3 is 3.00 bits per heavy atom. The number of aryl methyl sites for hydroxylation is 1. The molecule has 0 spiro atoms. The first-order valence-corrected chi connectivity index (χ1v) is 6.16. The molecule has 5 nitrogen and oxygen atoms in total. The summed E-state index contributed by atoms with van der Waals surface area (Å²) < 4.78 is 1.72. The molecule has 19 heavy (non-hydrogen) atoms. The summed E-state index contributed by atoms with van der Waals surface area (Å²) in [5.74, 6) is 0.0612. The van der Waals surface area contributed by atoms with E-state index in [2.05, 4.69) is 16.2 Å². The molecule has 0 radical (unpaired) electrons. The van der Waals surface area contributed by atoms with Gasteiger partial charge in [-0.1, -0.05) is 6.07 Å². The van der Waals surface area contributed by atoms with Gasteiger partial charge < -0.3 is 0 Å². The van der Waals surface area contributed by atoms with Crippen molar-refractivity contribution in [1.82, 2.24) is 14.8 Å². The Morgan fingerprint density at radius 2 is 2.32 bits per heavy atom. The molecule has 2 aromatic rings.